The smallest absolute Gasteiger partial charge is 0.228 e. The minimum Gasteiger partial charge on any atom is -0.325 e. The Hall–Kier alpha value is -2.23. The van der Waals surface area contributed by atoms with Crippen molar-refractivity contribution in [2.45, 2.75) is 13.3 Å². The molecule has 0 unspecified atom stereocenters. The van der Waals surface area contributed by atoms with Crippen LogP contribution < -0.4 is 5.32 Å². The molecule has 4 heteroatoms. The number of carbonyl (C=O) groups is 1. The molecular weight excluding hydrogens is 260 g/mol. The van der Waals surface area contributed by atoms with E-state index in [0.717, 1.165) is 16.8 Å². The van der Waals surface area contributed by atoms with Gasteiger partial charge in [0.05, 0.1) is 6.42 Å². The highest BCUT2D eigenvalue weighted by molar-refractivity contribution is 6.00. The quantitative estimate of drug-likeness (QED) is 0.830. The Kier molecular flexibility index (Phi) is 4.13. The molecule has 0 saturated heterocycles. The molecule has 20 heavy (non-hydrogen) atoms. The zero-order valence-electron chi connectivity index (χ0n) is 11.2. The van der Waals surface area contributed by atoms with E-state index in [9.17, 15) is 13.6 Å². The fraction of sp³-hybridized carbons (Fsp3) is 0.188. The molecule has 1 aliphatic heterocycles. The molecule has 1 amide bonds. The number of aryl methyl sites for hydroxylation is 1. The number of halogens is 2. The number of alkyl halides is 1. The number of benzene rings is 1. The molecule has 1 aromatic carbocycles. The Morgan fingerprint density at radius 2 is 2.25 bits per heavy atom. The number of amides is 1. The predicted molar refractivity (Wildman–Crippen MR) is 76.9 cm³/mol. The third-order valence-corrected chi connectivity index (χ3v) is 3.14. The van der Waals surface area contributed by atoms with Gasteiger partial charge in [0.1, 0.15) is 12.5 Å². The summed E-state index contributed by atoms with van der Waals surface area (Å²) in [4.78, 5) is 11.4. The second kappa shape index (κ2) is 5.82. The van der Waals surface area contributed by atoms with Gasteiger partial charge >= 0.3 is 0 Å². The van der Waals surface area contributed by atoms with Crippen molar-refractivity contribution < 1.29 is 13.6 Å². The van der Waals surface area contributed by atoms with Gasteiger partial charge in [-0.3, -0.25) is 4.79 Å². The van der Waals surface area contributed by atoms with Crippen molar-refractivity contribution in [2.24, 2.45) is 0 Å². The zero-order valence-corrected chi connectivity index (χ0v) is 11.2. The molecule has 0 bridgehead atoms. The molecule has 2 rings (SSSR count). The highest BCUT2D eigenvalue weighted by atomic mass is 19.1. The van der Waals surface area contributed by atoms with E-state index < -0.39 is 12.5 Å². The first-order chi connectivity index (χ1) is 9.52. The van der Waals surface area contributed by atoms with Crippen LogP contribution in [-0.4, -0.2) is 12.6 Å². The Labute approximate surface area is 116 Å². The summed E-state index contributed by atoms with van der Waals surface area (Å²) >= 11 is 0. The Morgan fingerprint density at radius 1 is 1.50 bits per heavy atom. The minimum atomic E-state index is -0.637. The van der Waals surface area contributed by atoms with E-state index in [1.165, 1.54) is 18.2 Å². The van der Waals surface area contributed by atoms with Crippen LogP contribution in [0.2, 0.25) is 0 Å². The number of carbonyl (C=O) groups excluding carboxylic acids is 1. The molecule has 1 aliphatic rings. The molecule has 0 radical (unpaired) electrons. The van der Waals surface area contributed by atoms with Crippen LogP contribution in [0.25, 0.3) is 5.57 Å². The lowest BCUT2D eigenvalue weighted by Crippen LogP contribution is -2.04. The maximum absolute atomic E-state index is 13.9. The van der Waals surface area contributed by atoms with Gasteiger partial charge in [0.25, 0.3) is 0 Å². The van der Waals surface area contributed by atoms with Gasteiger partial charge in [-0.15, -0.1) is 0 Å². The van der Waals surface area contributed by atoms with Gasteiger partial charge in [0.2, 0.25) is 5.91 Å². The standard InChI is InChI=1S/C16H15F2NO/c1-10-7-12(8-13-9-15(20)19-16(10)13)11(2)14(18)5-3-4-6-17/h3-5,7-8H,2,6,9H2,1H3,(H,19,20)/b4-3-,14-5+. The normalized spacial score (nSPS) is 14.6. The molecule has 1 heterocycles. The van der Waals surface area contributed by atoms with Gasteiger partial charge in [-0.25, -0.2) is 8.78 Å². The summed E-state index contributed by atoms with van der Waals surface area (Å²) in [6.07, 6.45) is 3.99. The second-order valence-corrected chi connectivity index (χ2v) is 4.63. The molecule has 2 nitrogen and oxygen atoms in total. The topological polar surface area (TPSA) is 29.1 Å². The third kappa shape index (κ3) is 2.85. The first-order valence-corrected chi connectivity index (χ1v) is 6.24. The number of hydrogen-bond donors (Lipinski definition) is 1. The molecular formula is C16H15F2NO. The van der Waals surface area contributed by atoms with Crippen LogP contribution in [0.4, 0.5) is 14.5 Å². The first-order valence-electron chi connectivity index (χ1n) is 6.24. The summed E-state index contributed by atoms with van der Waals surface area (Å²) in [5, 5.41) is 2.77. The predicted octanol–water partition coefficient (Wildman–Crippen LogP) is 3.88. The lowest BCUT2D eigenvalue weighted by Gasteiger charge is -2.09. The Bertz CT molecular complexity index is 630. The molecule has 0 aliphatic carbocycles. The van der Waals surface area contributed by atoms with E-state index in [-0.39, 0.29) is 11.5 Å². The van der Waals surface area contributed by atoms with Crippen molar-refractivity contribution in [1.82, 2.24) is 0 Å². The van der Waals surface area contributed by atoms with E-state index in [1.54, 1.807) is 12.1 Å². The molecule has 0 fully saturated rings. The van der Waals surface area contributed by atoms with E-state index >= 15 is 0 Å². The van der Waals surface area contributed by atoms with Gasteiger partial charge in [-0.2, -0.15) is 0 Å². The van der Waals surface area contributed by atoms with Crippen molar-refractivity contribution in [2.75, 3.05) is 12.0 Å². The lowest BCUT2D eigenvalue weighted by atomic mass is 9.98. The van der Waals surface area contributed by atoms with Gasteiger partial charge in [0, 0.05) is 11.3 Å². The van der Waals surface area contributed by atoms with Gasteiger partial charge in [-0.05, 0) is 41.8 Å². The van der Waals surface area contributed by atoms with Crippen LogP contribution in [0.1, 0.15) is 16.7 Å². The summed E-state index contributed by atoms with van der Waals surface area (Å²) in [5.74, 6) is -0.584. The van der Waals surface area contributed by atoms with E-state index in [4.69, 9.17) is 0 Å². The highest BCUT2D eigenvalue weighted by Gasteiger charge is 2.21. The fourth-order valence-corrected chi connectivity index (χ4v) is 2.15. The van der Waals surface area contributed by atoms with E-state index in [2.05, 4.69) is 11.9 Å². The van der Waals surface area contributed by atoms with Crippen LogP contribution in [0, 0.1) is 6.92 Å². The Morgan fingerprint density at radius 3 is 2.95 bits per heavy atom. The van der Waals surface area contributed by atoms with Gasteiger partial charge in [-0.1, -0.05) is 18.7 Å². The largest absolute Gasteiger partial charge is 0.325 e. The van der Waals surface area contributed by atoms with Crippen LogP contribution in [-0.2, 0) is 11.2 Å². The molecule has 0 spiro atoms. The van der Waals surface area contributed by atoms with Crippen molar-refractivity contribution in [3.8, 4) is 0 Å². The van der Waals surface area contributed by atoms with Crippen LogP contribution in [0.5, 0.6) is 0 Å². The molecule has 1 aromatic rings. The minimum absolute atomic E-state index is 0.0623. The summed E-state index contributed by atoms with van der Waals surface area (Å²) in [5.41, 5.74) is 3.36. The fourth-order valence-electron chi connectivity index (χ4n) is 2.15. The SMILES string of the molecule is C=C(/C(F)=C\C=C/CF)c1cc(C)c2c(c1)CC(=O)N2. The number of rotatable bonds is 4. The van der Waals surface area contributed by atoms with Gasteiger partial charge < -0.3 is 5.32 Å². The van der Waals surface area contributed by atoms with E-state index in [0.29, 0.717) is 12.0 Å². The van der Waals surface area contributed by atoms with Crippen LogP contribution in [0.3, 0.4) is 0 Å². The third-order valence-electron chi connectivity index (χ3n) is 3.14. The zero-order chi connectivity index (χ0) is 14.7. The number of fused-ring (bicyclic) bond motifs is 1. The maximum Gasteiger partial charge on any atom is 0.228 e. The van der Waals surface area contributed by atoms with E-state index in [1.807, 2.05) is 6.92 Å². The average molecular weight is 275 g/mol. The van der Waals surface area contributed by atoms with Crippen molar-refractivity contribution >= 4 is 17.2 Å². The molecule has 0 atom stereocenters. The average Bonchev–Trinajstić information content (AvgIpc) is 2.79. The molecule has 1 N–H and O–H groups in total. The molecule has 0 saturated carbocycles. The number of anilines is 1. The number of nitrogens with one attached hydrogen (secondary N) is 1. The molecule has 104 valence electrons. The lowest BCUT2D eigenvalue weighted by molar-refractivity contribution is -0.115. The summed E-state index contributed by atoms with van der Waals surface area (Å²) in [6.45, 7) is 4.93. The van der Waals surface area contributed by atoms with Crippen molar-refractivity contribution in [1.29, 1.82) is 0 Å². The first kappa shape index (κ1) is 14.2. The molecule has 0 aromatic heterocycles. The monoisotopic (exact) mass is 275 g/mol. The van der Waals surface area contributed by atoms with Crippen LogP contribution in [0.15, 0.2) is 42.8 Å². The summed E-state index contributed by atoms with van der Waals surface area (Å²) in [6, 6.07) is 3.54. The summed E-state index contributed by atoms with van der Waals surface area (Å²) in [7, 11) is 0. The number of allylic oxidation sites excluding steroid dienone is 5. The highest BCUT2D eigenvalue weighted by Crippen LogP contribution is 2.32. The van der Waals surface area contributed by atoms with Crippen molar-refractivity contribution in [3.63, 3.8) is 0 Å². The summed E-state index contributed by atoms with van der Waals surface area (Å²) < 4.78 is 25.8. The number of hydrogen-bond acceptors (Lipinski definition) is 1. The van der Waals surface area contributed by atoms with Crippen molar-refractivity contribution in [3.05, 3.63) is 59.5 Å². The maximum atomic E-state index is 13.9. The Balaban J connectivity index is 2.31. The second-order valence-electron chi connectivity index (χ2n) is 4.63. The van der Waals surface area contributed by atoms with Gasteiger partial charge in [0.15, 0.2) is 0 Å². The van der Waals surface area contributed by atoms with Crippen LogP contribution >= 0.6 is 0 Å².